The highest BCUT2D eigenvalue weighted by atomic mass is 32.1. The van der Waals surface area contributed by atoms with E-state index in [1.165, 1.54) is 10.4 Å². The predicted molar refractivity (Wildman–Crippen MR) is 83.2 cm³/mol. The van der Waals surface area contributed by atoms with Crippen LogP contribution in [-0.2, 0) is 0 Å². The van der Waals surface area contributed by atoms with Gasteiger partial charge < -0.3 is 5.32 Å². The summed E-state index contributed by atoms with van der Waals surface area (Å²) >= 11 is 1.76. The summed E-state index contributed by atoms with van der Waals surface area (Å²) in [5.41, 5.74) is 2.04. The van der Waals surface area contributed by atoms with Crippen molar-refractivity contribution in [2.75, 3.05) is 5.32 Å². The molecule has 0 aliphatic carbocycles. The van der Waals surface area contributed by atoms with Gasteiger partial charge in [-0.25, -0.2) is 4.52 Å². The maximum atomic E-state index is 4.53. The third kappa shape index (κ3) is 2.54. The fourth-order valence-corrected chi connectivity index (χ4v) is 3.17. The second-order valence-corrected chi connectivity index (χ2v) is 6.31. The lowest BCUT2D eigenvalue weighted by molar-refractivity contribution is 0.550. The molecular weight excluding hydrogens is 268 g/mol. The first-order valence-electron chi connectivity index (χ1n) is 6.76. The smallest absolute Gasteiger partial charge is 0.243 e. The topological polar surface area (TPSA) is 42.2 Å². The molecule has 3 rings (SSSR count). The standard InChI is InChI=1S/C15H18N4S/c1-10(2)14(12-5-4-8-20-12)17-15-16-13-7-6-11(3)9-19(13)18-15/h4-10,14H,1-3H3,(H,17,18). The molecule has 0 saturated heterocycles. The summed E-state index contributed by atoms with van der Waals surface area (Å²) in [7, 11) is 0. The van der Waals surface area contributed by atoms with Gasteiger partial charge in [0.15, 0.2) is 5.65 Å². The van der Waals surface area contributed by atoms with Crippen molar-refractivity contribution in [3.05, 3.63) is 46.3 Å². The first kappa shape index (κ1) is 13.1. The Bertz CT molecular complexity index is 700. The number of anilines is 1. The van der Waals surface area contributed by atoms with Crippen molar-refractivity contribution in [2.24, 2.45) is 5.92 Å². The SMILES string of the molecule is Cc1ccc2nc(NC(c3cccs3)C(C)C)nn2c1. The van der Waals surface area contributed by atoms with E-state index in [4.69, 9.17) is 0 Å². The van der Waals surface area contributed by atoms with Crippen LogP contribution in [0.15, 0.2) is 35.8 Å². The molecule has 104 valence electrons. The van der Waals surface area contributed by atoms with E-state index in [1.54, 1.807) is 11.3 Å². The first-order valence-corrected chi connectivity index (χ1v) is 7.64. The van der Waals surface area contributed by atoms with Crippen molar-refractivity contribution in [1.29, 1.82) is 0 Å². The number of hydrogen-bond acceptors (Lipinski definition) is 4. The maximum Gasteiger partial charge on any atom is 0.243 e. The zero-order valence-corrected chi connectivity index (χ0v) is 12.7. The van der Waals surface area contributed by atoms with Gasteiger partial charge in [0.25, 0.3) is 0 Å². The van der Waals surface area contributed by atoms with Crippen molar-refractivity contribution < 1.29 is 0 Å². The number of pyridine rings is 1. The molecule has 3 heterocycles. The van der Waals surface area contributed by atoms with Gasteiger partial charge in [0.1, 0.15) is 0 Å². The number of nitrogens with zero attached hydrogens (tertiary/aromatic N) is 3. The summed E-state index contributed by atoms with van der Waals surface area (Å²) in [4.78, 5) is 5.85. The van der Waals surface area contributed by atoms with Gasteiger partial charge >= 0.3 is 0 Å². The number of aryl methyl sites for hydroxylation is 1. The highest BCUT2D eigenvalue weighted by molar-refractivity contribution is 7.10. The molecule has 0 spiro atoms. The Balaban J connectivity index is 1.90. The van der Waals surface area contributed by atoms with Gasteiger partial charge in [-0.15, -0.1) is 16.4 Å². The van der Waals surface area contributed by atoms with Gasteiger partial charge in [-0.2, -0.15) is 4.98 Å². The molecule has 3 aromatic heterocycles. The molecular formula is C15H18N4S. The Morgan fingerprint density at radius 3 is 2.80 bits per heavy atom. The monoisotopic (exact) mass is 286 g/mol. The molecule has 4 nitrogen and oxygen atoms in total. The van der Waals surface area contributed by atoms with Crippen LogP contribution in [0.3, 0.4) is 0 Å². The average Bonchev–Trinajstić information content (AvgIpc) is 3.03. The van der Waals surface area contributed by atoms with E-state index < -0.39 is 0 Å². The Morgan fingerprint density at radius 1 is 1.25 bits per heavy atom. The molecule has 0 bridgehead atoms. The van der Waals surface area contributed by atoms with Crippen molar-refractivity contribution in [3.63, 3.8) is 0 Å². The van der Waals surface area contributed by atoms with Gasteiger partial charge in [0.05, 0.1) is 6.04 Å². The number of fused-ring (bicyclic) bond motifs is 1. The zero-order valence-electron chi connectivity index (χ0n) is 11.9. The number of aromatic nitrogens is 3. The summed E-state index contributed by atoms with van der Waals surface area (Å²) in [6, 6.07) is 8.52. The molecule has 1 N–H and O–H groups in total. The van der Waals surface area contributed by atoms with E-state index in [0.717, 1.165) is 5.65 Å². The quantitative estimate of drug-likeness (QED) is 0.790. The summed E-state index contributed by atoms with van der Waals surface area (Å²) < 4.78 is 1.82. The average molecular weight is 286 g/mol. The van der Waals surface area contributed by atoms with Gasteiger partial charge in [0.2, 0.25) is 5.95 Å². The third-order valence-corrected chi connectivity index (χ3v) is 4.24. The van der Waals surface area contributed by atoms with Crippen LogP contribution in [0.2, 0.25) is 0 Å². The van der Waals surface area contributed by atoms with Crippen LogP contribution in [0.1, 0.15) is 30.3 Å². The minimum absolute atomic E-state index is 0.244. The Morgan fingerprint density at radius 2 is 2.10 bits per heavy atom. The second kappa shape index (κ2) is 5.25. The van der Waals surface area contributed by atoms with Crippen molar-refractivity contribution >= 4 is 22.9 Å². The lowest BCUT2D eigenvalue weighted by Gasteiger charge is -2.20. The normalized spacial score (nSPS) is 13.0. The molecule has 0 amide bonds. The van der Waals surface area contributed by atoms with E-state index in [9.17, 15) is 0 Å². The minimum Gasteiger partial charge on any atom is -0.345 e. The largest absolute Gasteiger partial charge is 0.345 e. The molecule has 0 radical (unpaired) electrons. The van der Waals surface area contributed by atoms with Gasteiger partial charge in [0, 0.05) is 11.1 Å². The molecule has 0 aliphatic heterocycles. The van der Waals surface area contributed by atoms with Crippen LogP contribution in [0.5, 0.6) is 0 Å². The van der Waals surface area contributed by atoms with Crippen molar-refractivity contribution in [3.8, 4) is 0 Å². The van der Waals surface area contributed by atoms with E-state index >= 15 is 0 Å². The Labute approximate surface area is 122 Å². The van der Waals surface area contributed by atoms with Crippen LogP contribution in [0.4, 0.5) is 5.95 Å². The zero-order chi connectivity index (χ0) is 14.1. The van der Waals surface area contributed by atoms with Crippen LogP contribution < -0.4 is 5.32 Å². The second-order valence-electron chi connectivity index (χ2n) is 5.33. The summed E-state index contributed by atoms with van der Waals surface area (Å²) in [5.74, 6) is 1.16. The fourth-order valence-electron chi connectivity index (χ4n) is 2.22. The molecule has 0 saturated carbocycles. The van der Waals surface area contributed by atoms with Crippen LogP contribution >= 0.6 is 11.3 Å². The van der Waals surface area contributed by atoms with E-state index in [0.29, 0.717) is 11.9 Å². The molecule has 20 heavy (non-hydrogen) atoms. The maximum absolute atomic E-state index is 4.53. The van der Waals surface area contributed by atoms with E-state index in [2.05, 4.69) is 53.7 Å². The van der Waals surface area contributed by atoms with E-state index in [1.807, 2.05) is 22.8 Å². The third-order valence-electron chi connectivity index (χ3n) is 3.28. The molecule has 0 aliphatic rings. The van der Waals surface area contributed by atoms with Crippen LogP contribution in [-0.4, -0.2) is 14.6 Å². The minimum atomic E-state index is 0.244. The molecule has 5 heteroatoms. The highest BCUT2D eigenvalue weighted by Crippen LogP contribution is 2.28. The number of rotatable bonds is 4. The first-order chi connectivity index (χ1) is 9.63. The molecule has 1 unspecified atom stereocenters. The predicted octanol–water partition coefficient (Wildman–Crippen LogP) is 3.91. The number of hydrogen-bond donors (Lipinski definition) is 1. The van der Waals surface area contributed by atoms with Crippen LogP contribution in [0, 0.1) is 12.8 Å². The lowest BCUT2D eigenvalue weighted by Crippen LogP contribution is -2.16. The fraction of sp³-hybridized carbons (Fsp3) is 0.333. The molecule has 3 aromatic rings. The van der Waals surface area contributed by atoms with Crippen molar-refractivity contribution in [2.45, 2.75) is 26.8 Å². The number of nitrogens with one attached hydrogen (secondary N) is 1. The number of thiophene rings is 1. The van der Waals surface area contributed by atoms with Crippen molar-refractivity contribution in [1.82, 2.24) is 14.6 Å². The van der Waals surface area contributed by atoms with Gasteiger partial charge in [-0.3, -0.25) is 0 Å². The van der Waals surface area contributed by atoms with Gasteiger partial charge in [-0.1, -0.05) is 26.0 Å². The highest BCUT2D eigenvalue weighted by Gasteiger charge is 2.18. The molecule has 0 fully saturated rings. The van der Waals surface area contributed by atoms with Crippen LogP contribution in [0.25, 0.3) is 5.65 Å². The summed E-state index contributed by atoms with van der Waals surface area (Å²) in [6.07, 6.45) is 1.99. The summed E-state index contributed by atoms with van der Waals surface area (Å²) in [5, 5.41) is 10.1. The lowest BCUT2D eigenvalue weighted by atomic mass is 10.0. The molecule has 1 atom stereocenters. The van der Waals surface area contributed by atoms with Gasteiger partial charge in [-0.05, 0) is 35.9 Å². The Kier molecular flexibility index (Phi) is 3.44. The summed E-state index contributed by atoms with van der Waals surface area (Å²) in [6.45, 7) is 6.46. The van der Waals surface area contributed by atoms with E-state index in [-0.39, 0.29) is 6.04 Å². The Hall–Kier alpha value is -1.88. The molecule has 0 aromatic carbocycles.